The van der Waals surface area contributed by atoms with Crippen molar-refractivity contribution in [2.24, 2.45) is 5.92 Å². The van der Waals surface area contributed by atoms with Crippen molar-refractivity contribution in [3.63, 3.8) is 0 Å². The Labute approximate surface area is 276 Å². The minimum absolute atomic E-state index is 0.225. The van der Waals surface area contributed by atoms with Crippen LogP contribution in [0, 0.1) is 5.92 Å². The number of nitrogens with zero attached hydrogens (tertiary/aromatic N) is 6. The number of likely N-dealkylation sites (tertiary alicyclic amines) is 1. The van der Waals surface area contributed by atoms with Crippen molar-refractivity contribution >= 4 is 11.5 Å². The molecule has 1 saturated heterocycles. The van der Waals surface area contributed by atoms with Crippen molar-refractivity contribution in [3.8, 4) is 17.5 Å². The number of fused-ring (bicyclic) bond motifs is 1. The van der Waals surface area contributed by atoms with Crippen molar-refractivity contribution in [1.29, 1.82) is 0 Å². The summed E-state index contributed by atoms with van der Waals surface area (Å²) < 4.78 is 18.6. The first-order chi connectivity index (χ1) is 22.9. The monoisotopic (exact) mass is 636 g/mol. The average molecular weight is 637 g/mol. The van der Waals surface area contributed by atoms with Crippen LogP contribution in [0.2, 0.25) is 0 Å². The standard InChI is InChI=1S/C37H44N6O4/c1-26(2)25-47-37-39-36(42(23-28-9-15-31(45-3)16-10-28)24-29-11-17-32(46-4)18-12-29)35-38-21-33(43(35)40-37)34(44)30-13-7-27(8-14-30)22-41-19-5-6-20-41/h7-18,21,26,34,44H,5-6,19-20,22-25H2,1-4H3. The van der Waals surface area contributed by atoms with Gasteiger partial charge in [-0.05, 0) is 78.4 Å². The first kappa shape index (κ1) is 32.3. The highest BCUT2D eigenvalue weighted by atomic mass is 16.5. The van der Waals surface area contributed by atoms with Crippen LogP contribution in [0.15, 0.2) is 79.0 Å². The SMILES string of the molecule is COc1ccc(CN(Cc2ccc(OC)cc2)c2nc(OCC(C)C)nn3c(C(O)c4ccc(CN5CCCC5)cc4)cnc23)cc1. The quantitative estimate of drug-likeness (QED) is 0.156. The molecular weight excluding hydrogens is 592 g/mol. The van der Waals surface area contributed by atoms with Crippen LogP contribution in [0.5, 0.6) is 17.5 Å². The Bertz CT molecular complexity index is 1680. The topological polar surface area (TPSA) is 97.5 Å². The molecule has 1 aliphatic rings. The normalized spacial score (nSPS) is 14.1. The number of benzene rings is 3. The number of hydrogen-bond acceptors (Lipinski definition) is 9. The molecule has 0 aliphatic carbocycles. The number of rotatable bonds is 14. The zero-order chi connectivity index (χ0) is 32.8. The Morgan fingerprint density at radius 1 is 0.809 bits per heavy atom. The third-order valence-electron chi connectivity index (χ3n) is 8.44. The zero-order valence-corrected chi connectivity index (χ0v) is 27.7. The third kappa shape index (κ3) is 7.84. The molecule has 6 rings (SSSR count). The molecular formula is C37H44N6O4. The second-order valence-corrected chi connectivity index (χ2v) is 12.5. The van der Waals surface area contributed by atoms with Gasteiger partial charge in [-0.1, -0.05) is 62.4 Å². The molecule has 3 heterocycles. The van der Waals surface area contributed by atoms with E-state index in [4.69, 9.17) is 29.3 Å². The summed E-state index contributed by atoms with van der Waals surface area (Å²) in [6.45, 7) is 8.90. The van der Waals surface area contributed by atoms with Crippen LogP contribution in [0.1, 0.15) is 60.7 Å². The Morgan fingerprint density at radius 2 is 1.38 bits per heavy atom. The zero-order valence-electron chi connectivity index (χ0n) is 27.7. The fourth-order valence-electron chi connectivity index (χ4n) is 5.85. The predicted molar refractivity (Wildman–Crippen MR) is 182 cm³/mol. The van der Waals surface area contributed by atoms with Gasteiger partial charge in [0.05, 0.1) is 32.7 Å². The molecule has 246 valence electrons. The second kappa shape index (κ2) is 14.8. The molecule has 0 radical (unpaired) electrons. The highest BCUT2D eigenvalue weighted by molar-refractivity contribution is 5.65. The van der Waals surface area contributed by atoms with E-state index in [0.717, 1.165) is 47.8 Å². The van der Waals surface area contributed by atoms with Gasteiger partial charge < -0.3 is 24.2 Å². The van der Waals surface area contributed by atoms with E-state index < -0.39 is 6.10 Å². The van der Waals surface area contributed by atoms with Gasteiger partial charge in [0.2, 0.25) is 0 Å². The summed E-state index contributed by atoms with van der Waals surface area (Å²) in [4.78, 5) is 14.3. The maximum Gasteiger partial charge on any atom is 0.336 e. The van der Waals surface area contributed by atoms with Crippen LogP contribution >= 0.6 is 0 Å². The molecule has 10 nitrogen and oxygen atoms in total. The van der Waals surface area contributed by atoms with Crippen LogP contribution in [-0.4, -0.2) is 63.5 Å². The van der Waals surface area contributed by atoms with Gasteiger partial charge in [0.25, 0.3) is 0 Å². The first-order valence-electron chi connectivity index (χ1n) is 16.3. The number of methoxy groups -OCH3 is 2. The Balaban J connectivity index is 1.37. The summed E-state index contributed by atoms with van der Waals surface area (Å²) in [6, 6.07) is 24.4. The maximum atomic E-state index is 11.7. The van der Waals surface area contributed by atoms with Gasteiger partial charge in [0, 0.05) is 19.6 Å². The summed E-state index contributed by atoms with van der Waals surface area (Å²) in [7, 11) is 3.32. The number of ether oxygens (including phenoxy) is 3. The fraction of sp³-hybridized carbons (Fsp3) is 0.378. The number of aromatic nitrogens is 4. The summed E-state index contributed by atoms with van der Waals surface area (Å²) in [5.41, 5.74) is 5.23. The highest BCUT2D eigenvalue weighted by Crippen LogP contribution is 2.30. The van der Waals surface area contributed by atoms with Crippen LogP contribution < -0.4 is 19.1 Å². The van der Waals surface area contributed by atoms with E-state index in [1.54, 1.807) is 24.9 Å². The van der Waals surface area contributed by atoms with E-state index in [9.17, 15) is 5.11 Å². The molecule has 47 heavy (non-hydrogen) atoms. The van der Waals surface area contributed by atoms with Gasteiger partial charge in [-0.15, -0.1) is 5.10 Å². The molecule has 5 aromatic rings. The fourth-order valence-corrected chi connectivity index (χ4v) is 5.85. The summed E-state index contributed by atoms with van der Waals surface area (Å²) in [6.07, 6.45) is 3.26. The molecule has 1 aliphatic heterocycles. The Kier molecular flexibility index (Phi) is 10.2. The number of hydrogen-bond donors (Lipinski definition) is 1. The van der Waals surface area contributed by atoms with E-state index in [-0.39, 0.29) is 11.9 Å². The molecule has 1 unspecified atom stereocenters. The molecule has 2 aromatic heterocycles. The van der Waals surface area contributed by atoms with Gasteiger partial charge in [0.1, 0.15) is 17.6 Å². The largest absolute Gasteiger partial charge is 0.497 e. The molecule has 1 atom stereocenters. The lowest BCUT2D eigenvalue weighted by molar-refractivity contribution is 0.210. The Hall–Kier alpha value is -4.67. The van der Waals surface area contributed by atoms with Crippen molar-refractivity contribution in [1.82, 2.24) is 24.5 Å². The molecule has 3 aromatic carbocycles. The molecule has 0 bridgehead atoms. The van der Waals surface area contributed by atoms with Crippen LogP contribution in [-0.2, 0) is 19.6 Å². The van der Waals surface area contributed by atoms with Crippen molar-refractivity contribution < 1.29 is 19.3 Å². The van der Waals surface area contributed by atoms with E-state index >= 15 is 0 Å². The van der Waals surface area contributed by atoms with Gasteiger partial charge in [0.15, 0.2) is 11.5 Å². The van der Waals surface area contributed by atoms with Crippen molar-refractivity contribution in [2.75, 3.05) is 38.8 Å². The van der Waals surface area contributed by atoms with Crippen molar-refractivity contribution in [2.45, 2.75) is 52.4 Å². The van der Waals surface area contributed by atoms with Gasteiger partial charge in [-0.2, -0.15) is 4.98 Å². The van der Waals surface area contributed by atoms with Gasteiger partial charge in [-0.3, -0.25) is 4.90 Å². The molecule has 1 fully saturated rings. The number of aliphatic hydroxyl groups is 1. The lowest BCUT2D eigenvalue weighted by Crippen LogP contribution is -2.25. The van der Waals surface area contributed by atoms with Gasteiger partial charge >= 0.3 is 6.01 Å². The number of imidazole rings is 1. The van der Waals surface area contributed by atoms with Crippen LogP contribution in [0.3, 0.4) is 0 Å². The molecule has 0 amide bonds. The first-order valence-corrected chi connectivity index (χ1v) is 16.3. The third-order valence-corrected chi connectivity index (χ3v) is 8.44. The van der Waals surface area contributed by atoms with Crippen LogP contribution in [0.25, 0.3) is 5.65 Å². The average Bonchev–Trinajstić information content (AvgIpc) is 3.77. The second-order valence-electron chi connectivity index (χ2n) is 12.5. The van der Waals surface area contributed by atoms with Crippen molar-refractivity contribution in [3.05, 3.63) is 107 Å². The predicted octanol–water partition coefficient (Wildman–Crippen LogP) is 6.06. The highest BCUT2D eigenvalue weighted by Gasteiger charge is 2.24. The number of anilines is 1. The minimum atomic E-state index is -0.942. The van der Waals surface area contributed by atoms with E-state index in [1.807, 2.05) is 60.7 Å². The summed E-state index contributed by atoms with van der Waals surface area (Å²) >= 11 is 0. The van der Waals surface area contributed by atoms with E-state index in [1.165, 1.54) is 18.4 Å². The van der Waals surface area contributed by atoms with Crippen LogP contribution in [0.4, 0.5) is 5.82 Å². The van der Waals surface area contributed by atoms with Gasteiger partial charge in [-0.25, -0.2) is 9.50 Å². The minimum Gasteiger partial charge on any atom is -0.497 e. The Morgan fingerprint density at radius 3 is 1.94 bits per heavy atom. The lowest BCUT2D eigenvalue weighted by atomic mass is 10.0. The number of aliphatic hydroxyl groups excluding tert-OH is 1. The molecule has 0 saturated carbocycles. The molecule has 1 N–H and O–H groups in total. The van der Waals surface area contributed by atoms with E-state index in [2.05, 4.69) is 35.8 Å². The lowest BCUT2D eigenvalue weighted by Gasteiger charge is -2.25. The van der Waals surface area contributed by atoms with E-state index in [0.29, 0.717) is 36.9 Å². The summed E-state index contributed by atoms with van der Waals surface area (Å²) in [5, 5.41) is 16.4. The molecule has 0 spiro atoms. The maximum absolute atomic E-state index is 11.7. The summed E-state index contributed by atoms with van der Waals surface area (Å²) in [5.74, 6) is 2.46. The smallest absolute Gasteiger partial charge is 0.336 e. The molecule has 10 heteroatoms.